The van der Waals surface area contributed by atoms with Gasteiger partial charge in [0.15, 0.2) is 0 Å². The first-order valence-corrected chi connectivity index (χ1v) is 8.91. The predicted octanol–water partition coefficient (Wildman–Crippen LogP) is 3.45. The molecule has 1 saturated heterocycles. The molecular formula is C21H26N2O2. The Morgan fingerprint density at radius 2 is 1.88 bits per heavy atom. The van der Waals surface area contributed by atoms with Crippen LogP contribution >= 0.6 is 0 Å². The summed E-state index contributed by atoms with van der Waals surface area (Å²) in [6, 6.07) is 14.1. The smallest absolute Gasteiger partial charge is 0.228 e. The minimum Gasteiger partial charge on any atom is -0.393 e. The van der Waals surface area contributed by atoms with Crippen LogP contribution in [0.2, 0.25) is 0 Å². The van der Waals surface area contributed by atoms with Gasteiger partial charge in [0.25, 0.3) is 0 Å². The van der Waals surface area contributed by atoms with Crippen LogP contribution in [0.15, 0.2) is 42.5 Å². The number of rotatable bonds is 4. The van der Waals surface area contributed by atoms with Crippen LogP contribution in [0.25, 0.3) is 0 Å². The maximum Gasteiger partial charge on any atom is 0.228 e. The molecule has 1 aliphatic rings. The van der Waals surface area contributed by atoms with Gasteiger partial charge in [-0.25, -0.2) is 0 Å². The highest BCUT2D eigenvalue weighted by Gasteiger charge is 2.20. The minimum atomic E-state index is -0.206. The molecule has 132 valence electrons. The number of piperidine rings is 1. The number of hydrogen-bond acceptors (Lipinski definition) is 3. The van der Waals surface area contributed by atoms with Gasteiger partial charge in [-0.3, -0.25) is 4.79 Å². The molecule has 4 heteroatoms. The maximum absolute atomic E-state index is 12.6. The normalized spacial score (nSPS) is 15.2. The number of hydrogen-bond donors (Lipinski definition) is 2. The predicted molar refractivity (Wildman–Crippen MR) is 102 cm³/mol. The lowest BCUT2D eigenvalue weighted by Crippen LogP contribution is -2.36. The third-order valence-corrected chi connectivity index (χ3v) is 4.84. The van der Waals surface area contributed by atoms with Crippen LogP contribution in [0.3, 0.4) is 0 Å². The number of aliphatic hydroxyl groups excluding tert-OH is 1. The van der Waals surface area contributed by atoms with Crippen molar-refractivity contribution in [3.63, 3.8) is 0 Å². The molecule has 3 rings (SSSR count). The van der Waals surface area contributed by atoms with Gasteiger partial charge in [0.2, 0.25) is 5.91 Å². The first kappa shape index (κ1) is 17.5. The van der Waals surface area contributed by atoms with E-state index in [1.54, 1.807) is 0 Å². The van der Waals surface area contributed by atoms with Crippen molar-refractivity contribution in [3.8, 4) is 0 Å². The lowest BCUT2D eigenvalue weighted by molar-refractivity contribution is -0.115. The lowest BCUT2D eigenvalue weighted by atomic mass is 10.0. The van der Waals surface area contributed by atoms with Gasteiger partial charge in [-0.1, -0.05) is 35.9 Å². The molecule has 0 radical (unpaired) electrons. The SMILES string of the molecule is Cc1ccc(C)c(CC(=O)Nc2ccccc2N2CCC(O)CC2)c1. The van der Waals surface area contributed by atoms with Crippen molar-refractivity contribution in [2.24, 2.45) is 0 Å². The molecule has 0 spiro atoms. The molecule has 25 heavy (non-hydrogen) atoms. The number of anilines is 2. The first-order chi connectivity index (χ1) is 12.0. The summed E-state index contributed by atoms with van der Waals surface area (Å²) in [6.07, 6.45) is 1.71. The van der Waals surface area contributed by atoms with Gasteiger partial charge < -0.3 is 15.3 Å². The third kappa shape index (κ3) is 4.40. The van der Waals surface area contributed by atoms with E-state index in [1.165, 1.54) is 5.56 Å². The number of amides is 1. The maximum atomic E-state index is 12.6. The summed E-state index contributed by atoms with van der Waals surface area (Å²) >= 11 is 0. The number of carbonyl (C=O) groups is 1. The van der Waals surface area contributed by atoms with E-state index in [-0.39, 0.29) is 12.0 Å². The summed E-state index contributed by atoms with van der Waals surface area (Å²) in [5.41, 5.74) is 5.24. The topological polar surface area (TPSA) is 52.6 Å². The van der Waals surface area contributed by atoms with Crippen molar-refractivity contribution < 1.29 is 9.90 Å². The van der Waals surface area contributed by atoms with E-state index in [2.05, 4.69) is 28.4 Å². The Bertz CT molecular complexity index is 749. The molecule has 1 amide bonds. The summed E-state index contributed by atoms with van der Waals surface area (Å²) in [6.45, 7) is 5.70. The highest BCUT2D eigenvalue weighted by Crippen LogP contribution is 2.28. The molecule has 1 heterocycles. The second-order valence-electron chi connectivity index (χ2n) is 6.89. The Hall–Kier alpha value is -2.33. The highest BCUT2D eigenvalue weighted by atomic mass is 16.3. The Morgan fingerprint density at radius 1 is 1.16 bits per heavy atom. The van der Waals surface area contributed by atoms with Gasteiger partial charge in [0, 0.05) is 13.1 Å². The van der Waals surface area contributed by atoms with Crippen molar-refractivity contribution >= 4 is 17.3 Å². The van der Waals surface area contributed by atoms with Crippen LogP contribution in [0.1, 0.15) is 29.5 Å². The average molecular weight is 338 g/mol. The number of nitrogens with zero attached hydrogens (tertiary/aromatic N) is 1. The number of nitrogens with one attached hydrogen (secondary N) is 1. The van der Waals surface area contributed by atoms with E-state index in [0.717, 1.165) is 48.4 Å². The number of benzene rings is 2. The summed E-state index contributed by atoms with van der Waals surface area (Å²) < 4.78 is 0. The molecule has 1 aliphatic heterocycles. The van der Waals surface area contributed by atoms with Crippen LogP contribution < -0.4 is 10.2 Å². The molecule has 0 saturated carbocycles. The van der Waals surface area contributed by atoms with Crippen molar-refractivity contribution in [3.05, 3.63) is 59.2 Å². The zero-order valence-electron chi connectivity index (χ0n) is 15.0. The van der Waals surface area contributed by atoms with Crippen molar-refractivity contribution in [1.29, 1.82) is 0 Å². The molecule has 1 fully saturated rings. The van der Waals surface area contributed by atoms with Gasteiger partial charge in [-0.05, 0) is 49.9 Å². The Labute approximate surface area is 149 Å². The number of carbonyl (C=O) groups excluding carboxylic acids is 1. The molecule has 2 N–H and O–H groups in total. The molecular weight excluding hydrogens is 312 g/mol. The van der Waals surface area contributed by atoms with Crippen LogP contribution in [-0.2, 0) is 11.2 Å². The lowest BCUT2D eigenvalue weighted by Gasteiger charge is -2.32. The number of para-hydroxylation sites is 2. The summed E-state index contributed by atoms with van der Waals surface area (Å²) in [5.74, 6) is -0.00167. The fourth-order valence-electron chi connectivity index (χ4n) is 3.32. The minimum absolute atomic E-state index is 0.00167. The van der Waals surface area contributed by atoms with E-state index in [0.29, 0.717) is 6.42 Å². The molecule has 2 aromatic rings. The van der Waals surface area contributed by atoms with E-state index >= 15 is 0 Å². The summed E-state index contributed by atoms with van der Waals surface area (Å²) in [7, 11) is 0. The largest absolute Gasteiger partial charge is 0.393 e. The van der Waals surface area contributed by atoms with Crippen LogP contribution in [0.5, 0.6) is 0 Å². The average Bonchev–Trinajstić information content (AvgIpc) is 2.59. The Morgan fingerprint density at radius 3 is 2.64 bits per heavy atom. The monoisotopic (exact) mass is 338 g/mol. The molecule has 2 aromatic carbocycles. The van der Waals surface area contributed by atoms with Gasteiger partial charge in [0.05, 0.1) is 23.9 Å². The van der Waals surface area contributed by atoms with E-state index in [1.807, 2.05) is 38.1 Å². The number of aliphatic hydroxyl groups is 1. The van der Waals surface area contributed by atoms with Crippen LogP contribution in [0, 0.1) is 13.8 Å². The van der Waals surface area contributed by atoms with E-state index in [4.69, 9.17) is 0 Å². The van der Waals surface area contributed by atoms with Crippen LogP contribution in [0.4, 0.5) is 11.4 Å². The fraction of sp³-hybridized carbons (Fsp3) is 0.381. The third-order valence-electron chi connectivity index (χ3n) is 4.84. The standard InChI is InChI=1S/C21H26N2O2/c1-15-7-8-16(2)17(13-15)14-21(25)22-19-5-3-4-6-20(19)23-11-9-18(24)10-12-23/h3-8,13,18,24H,9-12,14H2,1-2H3,(H,22,25). The Balaban J connectivity index is 1.72. The molecule has 0 unspecified atom stereocenters. The van der Waals surface area contributed by atoms with E-state index in [9.17, 15) is 9.90 Å². The molecule has 0 atom stereocenters. The zero-order valence-corrected chi connectivity index (χ0v) is 15.0. The second kappa shape index (κ2) is 7.70. The van der Waals surface area contributed by atoms with Crippen molar-refractivity contribution in [2.45, 2.75) is 39.2 Å². The molecule has 0 aliphatic carbocycles. The van der Waals surface area contributed by atoms with Crippen molar-refractivity contribution in [1.82, 2.24) is 0 Å². The Kier molecular flexibility index (Phi) is 5.39. The fourth-order valence-corrected chi connectivity index (χ4v) is 3.32. The van der Waals surface area contributed by atoms with Gasteiger partial charge in [-0.15, -0.1) is 0 Å². The first-order valence-electron chi connectivity index (χ1n) is 8.91. The highest BCUT2D eigenvalue weighted by molar-refractivity contribution is 5.95. The molecule has 4 nitrogen and oxygen atoms in total. The van der Waals surface area contributed by atoms with Crippen LogP contribution in [-0.4, -0.2) is 30.2 Å². The van der Waals surface area contributed by atoms with E-state index < -0.39 is 0 Å². The summed E-state index contributed by atoms with van der Waals surface area (Å²) in [4.78, 5) is 14.8. The second-order valence-corrected chi connectivity index (χ2v) is 6.89. The van der Waals surface area contributed by atoms with Gasteiger partial charge >= 0.3 is 0 Å². The molecule has 0 bridgehead atoms. The van der Waals surface area contributed by atoms with Gasteiger partial charge in [-0.2, -0.15) is 0 Å². The molecule has 0 aromatic heterocycles. The summed E-state index contributed by atoms with van der Waals surface area (Å²) in [5, 5.41) is 12.8. The van der Waals surface area contributed by atoms with Gasteiger partial charge in [0.1, 0.15) is 0 Å². The quantitative estimate of drug-likeness (QED) is 0.898. The number of aryl methyl sites for hydroxylation is 2. The zero-order chi connectivity index (χ0) is 17.8. The van der Waals surface area contributed by atoms with Crippen molar-refractivity contribution in [2.75, 3.05) is 23.3 Å².